The van der Waals surface area contributed by atoms with Crippen LogP contribution in [0.4, 0.5) is 0 Å². The lowest BCUT2D eigenvalue weighted by Crippen LogP contribution is -2.59. The van der Waals surface area contributed by atoms with E-state index in [1.54, 1.807) is 13.8 Å². The van der Waals surface area contributed by atoms with Gasteiger partial charge in [0, 0.05) is 19.8 Å². The van der Waals surface area contributed by atoms with Gasteiger partial charge in [-0.1, -0.05) is 30.3 Å². The molecule has 8 heteroatoms. The Morgan fingerprint density at radius 2 is 1.91 bits per heavy atom. The maximum absolute atomic E-state index is 13.3. The standard InChI is InChI=1S/C25H36N2O6/c1-3-33-24(31)20(10-9-19-7-5-4-6-8-19)26-18(2)22(28)27-14-11-25(12-15-32-16-13-25)17-21(27)23(29)30/h4-8,18,20-21,26H,3,9-17H2,1-2H3,(H,29,30)/t18-,20?,21-/m0/s1. The van der Waals surface area contributed by atoms with Crippen LogP contribution in [0, 0.1) is 5.41 Å². The Labute approximate surface area is 195 Å². The molecule has 1 amide bonds. The molecule has 3 atom stereocenters. The molecule has 0 bridgehead atoms. The number of hydrogen-bond donors (Lipinski definition) is 2. The number of rotatable bonds is 9. The first kappa shape index (κ1) is 25.2. The zero-order chi connectivity index (χ0) is 23.8. The number of carbonyl (C=O) groups excluding carboxylic acids is 2. The van der Waals surface area contributed by atoms with E-state index >= 15 is 0 Å². The maximum atomic E-state index is 13.3. The average molecular weight is 461 g/mol. The van der Waals surface area contributed by atoms with Gasteiger partial charge in [0.15, 0.2) is 0 Å². The second-order valence-corrected chi connectivity index (χ2v) is 9.17. The molecule has 33 heavy (non-hydrogen) atoms. The van der Waals surface area contributed by atoms with Gasteiger partial charge in [0.05, 0.1) is 12.6 Å². The Hall–Kier alpha value is -2.45. The van der Waals surface area contributed by atoms with E-state index in [1.807, 2.05) is 30.3 Å². The van der Waals surface area contributed by atoms with Gasteiger partial charge in [-0.3, -0.25) is 14.9 Å². The van der Waals surface area contributed by atoms with Gasteiger partial charge in [-0.2, -0.15) is 0 Å². The Bertz CT molecular complexity index is 808. The molecule has 2 aliphatic rings. The molecule has 1 spiro atoms. The van der Waals surface area contributed by atoms with Crippen LogP contribution in [-0.2, 0) is 30.3 Å². The van der Waals surface area contributed by atoms with E-state index in [0.717, 1.165) is 24.8 Å². The van der Waals surface area contributed by atoms with E-state index in [2.05, 4.69) is 5.32 Å². The first-order valence-electron chi connectivity index (χ1n) is 11.9. The number of nitrogens with zero attached hydrogens (tertiary/aromatic N) is 1. The summed E-state index contributed by atoms with van der Waals surface area (Å²) in [6, 6.07) is 7.60. The lowest BCUT2D eigenvalue weighted by Gasteiger charge is -2.47. The summed E-state index contributed by atoms with van der Waals surface area (Å²) in [5.41, 5.74) is 1.02. The number of aliphatic carboxylic acids is 1. The lowest BCUT2D eigenvalue weighted by molar-refractivity contribution is -0.158. The van der Waals surface area contributed by atoms with Crippen LogP contribution in [0.5, 0.6) is 0 Å². The van der Waals surface area contributed by atoms with Crippen LogP contribution < -0.4 is 5.32 Å². The topological polar surface area (TPSA) is 105 Å². The third kappa shape index (κ3) is 6.54. The summed E-state index contributed by atoms with van der Waals surface area (Å²) in [5.74, 6) is -1.67. The molecular formula is C25H36N2O6. The van der Waals surface area contributed by atoms with Gasteiger partial charge in [0.25, 0.3) is 0 Å². The molecule has 2 N–H and O–H groups in total. The normalized spacial score (nSPS) is 21.9. The minimum absolute atomic E-state index is 0.0715. The number of carboxylic acid groups (broad SMARTS) is 1. The van der Waals surface area contributed by atoms with E-state index in [0.29, 0.717) is 39.0 Å². The van der Waals surface area contributed by atoms with Gasteiger partial charge in [-0.15, -0.1) is 0 Å². The minimum Gasteiger partial charge on any atom is -0.480 e. The number of carboxylic acids is 1. The molecule has 2 aliphatic heterocycles. The van der Waals surface area contributed by atoms with Crippen molar-refractivity contribution < 1.29 is 29.0 Å². The second kappa shape index (κ2) is 11.6. The Morgan fingerprint density at radius 3 is 2.55 bits per heavy atom. The second-order valence-electron chi connectivity index (χ2n) is 9.17. The van der Waals surface area contributed by atoms with Crippen molar-refractivity contribution >= 4 is 17.8 Å². The fourth-order valence-corrected chi connectivity index (χ4v) is 4.97. The number of ether oxygens (including phenoxy) is 2. The van der Waals surface area contributed by atoms with Crippen LogP contribution in [0.25, 0.3) is 0 Å². The largest absolute Gasteiger partial charge is 0.480 e. The Kier molecular flexibility index (Phi) is 8.86. The van der Waals surface area contributed by atoms with E-state index in [9.17, 15) is 19.5 Å². The van der Waals surface area contributed by atoms with Crippen molar-refractivity contribution in [3.63, 3.8) is 0 Å². The molecule has 182 valence electrons. The van der Waals surface area contributed by atoms with Crippen molar-refractivity contribution in [1.82, 2.24) is 10.2 Å². The van der Waals surface area contributed by atoms with Crippen LogP contribution in [0.15, 0.2) is 30.3 Å². The van der Waals surface area contributed by atoms with Gasteiger partial charge < -0.3 is 19.5 Å². The van der Waals surface area contributed by atoms with Crippen molar-refractivity contribution in [3.05, 3.63) is 35.9 Å². The highest BCUT2D eigenvalue weighted by atomic mass is 16.5. The number of amides is 1. The minimum atomic E-state index is -0.980. The van der Waals surface area contributed by atoms with Crippen molar-refractivity contribution in [2.24, 2.45) is 5.41 Å². The summed E-state index contributed by atoms with van der Waals surface area (Å²) in [6.07, 6.45) is 4.01. The van der Waals surface area contributed by atoms with Crippen LogP contribution >= 0.6 is 0 Å². The van der Waals surface area contributed by atoms with Gasteiger partial charge in [0.1, 0.15) is 12.1 Å². The highest BCUT2D eigenvalue weighted by Crippen LogP contribution is 2.43. The van der Waals surface area contributed by atoms with Gasteiger partial charge >= 0.3 is 11.9 Å². The number of carbonyl (C=O) groups is 3. The number of piperidine rings is 1. The van der Waals surface area contributed by atoms with E-state index in [-0.39, 0.29) is 17.9 Å². The van der Waals surface area contributed by atoms with Gasteiger partial charge in [0.2, 0.25) is 5.91 Å². The molecule has 0 radical (unpaired) electrons. The quantitative estimate of drug-likeness (QED) is 0.545. The van der Waals surface area contributed by atoms with E-state index < -0.39 is 30.1 Å². The monoisotopic (exact) mass is 460 g/mol. The van der Waals surface area contributed by atoms with Crippen LogP contribution in [0.3, 0.4) is 0 Å². The fourth-order valence-electron chi connectivity index (χ4n) is 4.97. The SMILES string of the molecule is CCOC(=O)C(CCc1ccccc1)N[C@@H](C)C(=O)N1CCC2(CCOCC2)C[C@H]1C(=O)O. The van der Waals surface area contributed by atoms with E-state index in [1.165, 1.54) is 4.90 Å². The summed E-state index contributed by atoms with van der Waals surface area (Å²) in [4.78, 5) is 39.4. The van der Waals surface area contributed by atoms with Crippen molar-refractivity contribution in [2.75, 3.05) is 26.4 Å². The Balaban J connectivity index is 1.66. The predicted octanol–water partition coefficient (Wildman–Crippen LogP) is 2.40. The Morgan fingerprint density at radius 1 is 1.21 bits per heavy atom. The molecule has 0 aromatic heterocycles. The summed E-state index contributed by atoms with van der Waals surface area (Å²) in [7, 11) is 0. The summed E-state index contributed by atoms with van der Waals surface area (Å²) >= 11 is 0. The number of aryl methyl sites for hydroxylation is 1. The van der Waals surface area contributed by atoms with Crippen molar-refractivity contribution in [3.8, 4) is 0 Å². The molecule has 8 nitrogen and oxygen atoms in total. The van der Waals surface area contributed by atoms with E-state index in [4.69, 9.17) is 9.47 Å². The lowest BCUT2D eigenvalue weighted by atomic mass is 9.70. The first-order valence-corrected chi connectivity index (χ1v) is 11.9. The van der Waals surface area contributed by atoms with Crippen LogP contribution in [0.1, 0.15) is 51.5 Å². The molecule has 2 fully saturated rings. The molecule has 2 saturated heterocycles. The molecule has 2 heterocycles. The summed E-state index contributed by atoms with van der Waals surface area (Å²) in [6.45, 7) is 5.37. The molecule has 1 unspecified atom stereocenters. The highest BCUT2D eigenvalue weighted by Gasteiger charge is 2.46. The van der Waals surface area contributed by atoms with Crippen molar-refractivity contribution in [2.45, 2.75) is 70.5 Å². The molecule has 1 aromatic carbocycles. The molecule has 1 aromatic rings. The summed E-state index contributed by atoms with van der Waals surface area (Å²) in [5, 5.41) is 13.0. The maximum Gasteiger partial charge on any atom is 0.326 e. The third-order valence-electron chi connectivity index (χ3n) is 6.96. The fraction of sp³-hybridized carbons (Fsp3) is 0.640. The van der Waals surface area contributed by atoms with Crippen LogP contribution in [0.2, 0.25) is 0 Å². The number of hydrogen-bond acceptors (Lipinski definition) is 6. The number of benzene rings is 1. The van der Waals surface area contributed by atoms with Crippen LogP contribution in [-0.4, -0.2) is 72.3 Å². The summed E-state index contributed by atoms with van der Waals surface area (Å²) < 4.78 is 10.7. The number of likely N-dealkylation sites (tertiary alicyclic amines) is 1. The first-order chi connectivity index (χ1) is 15.8. The average Bonchev–Trinajstić information content (AvgIpc) is 2.82. The van der Waals surface area contributed by atoms with Gasteiger partial charge in [-0.05, 0) is 63.4 Å². The van der Waals surface area contributed by atoms with Crippen molar-refractivity contribution in [1.29, 1.82) is 0 Å². The number of esters is 1. The number of nitrogens with one attached hydrogen (secondary N) is 1. The molecule has 0 saturated carbocycles. The smallest absolute Gasteiger partial charge is 0.326 e. The third-order valence-corrected chi connectivity index (χ3v) is 6.96. The highest BCUT2D eigenvalue weighted by molar-refractivity contribution is 5.88. The molecular weight excluding hydrogens is 424 g/mol. The molecule has 3 rings (SSSR count). The zero-order valence-electron chi connectivity index (χ0n) is 19.6. The van der Waals surface area contributed by atoms with Gasteiger partial charge in [-0.25, -0.2) is 4.79 Å². The zero-order valence-corrected chi connectivity index (χ0v) is 19.6. The predicted molar refractivity (Wildman–Crippen MR) is 123 cm³/mol. The molecule has 0 aliphatic carbocycles.